The average molecular weight is 554 g/mol. The van der Waals surface area contributed by atoms with E-state index in [4.69, 9.17) is 0 Å². The third kappa shape index (κ3) is 6.33. The lowest BCUT2D eigenvalue weighted by Gasteiger charge is -2.23. The molecule has 0 saturated carbocycles. The normalized spacial score (nSPS) is 14.1. The van der Waals surface area contributed by atoms with Crippen molar-refractivity contribution in [3.05, 3.63) is 89.7 Å². The van der Waals surface area contributed by atoms with Crippen LogP contribution in [0.25, 0.3) is 22.7 Å². The number of hydrogen-bond acceptors (Lipinski definition) is 6. The summed E-state index contributed by atoms with van der Waals surface area (Å²) in [5, 5.41) is 2.47. The molecule has 4 aromatic rings. The van der Waals surface area contributed by atoms with Crippen molar-refractivity contribution < 1.29 is 4.57 Å². The molecule has 0 N–H and O–H groups in total. The van der Waals surface area contributed by atoms with Gasteiger partial charge >= 0.3 is 0 Å². The predicted molar refractivity (Wildman–Crippen MR) is 171 cm³/mol. The molecule has 0 atom stereocenters. The number of rotatable bonds is 11. The summed E-state index contributed by atoms with van der Waals surface area (Å²) in [6.45, 7) is 4.09. The molecule has 0 radical (unpaired) electrons. The smallest absolute Gasteiger partial charge is 0.282 e. The summed E-state index contributed by atoms with van der Waals surface area (Å²) in [7, 11) is 10.8. The van der Waals surface area contributed by atoms with Gasteiger partial charge in [-0.25, -0.2) is 0 Å². The van der Waals surface area contributed by atoms with Gasteiger partial charge < -0.3 is 14.7 Å². The molecule has 0 amide bonds. The van der Waals surface area contributed by atoms with Gasteiger partial charge in [-0.15, -0.1) is 0 Å². The van der Waals surface area contributed by atoms with Gasteiger partial charge in [-0.2, -0.15) is 4.57 Å². The molecular weight excluding hydrogens is 512 g/mol. The lowest BCUT2D eigenvalue weighted by molar-refractivity contribution is -0.554. The second-order valence-electron chi connectivity index (χ2n) is 10.9. The molecule has 1 aliphatic rings. The van der Waals surface area contributed by atoms with Crippen LogP contribution in [0.1, 0.15) is 18.4 Å². The lowest BCUT2D eigenvalue weighted by atomic mass is 10.1. The van der Waals surface area contributed by atoms with E-state index >= 15 is 0 Å². The summed E-state index contributed by atoms with van der Waals surface area (Å²) in [6.07, 6.45) is 8.38. The summed E-state index contributed by atoms with van der Waals surface area (Å²) in [5.74, 6) is 1.21. The van der Waals surface area contributed by atoms with E-state index in [0.717, 1.165) is 44.7 Å². The number of anilines is 2. The second kappa shape index (κ2) is 12.9. The third-order valence-corrected chi connectivity index (χ3v) is 8.48. The zero-order valence-electron chi connectivity index (χ0n) is 24.4. The highest BCUT2D eigenvalue weighted by Crippen LogP contribution is 2.45. The first-order valence-electron chi connectivity index (χ1n) is 14.1. The molecule has 5 rings (SSSR count). The molecule has 40 heavy (non-hydrogen) atoms. The van der Waals surface area contributed by atoms with Gasteiger partial charge in [-0.3, -0.25) is 9.88 Å². The van der Waals surface area contributed by atoms with Crippen LogP contribution in [0, 0.1) is 0 Å². The molecule has 6 nitrogen and oxygen atoms in total. The van der Waals surface area contributed by atoms with Gasteiger partial charge in [0, 0.05) is 42.7 Å². The summed E-state index contributed by atoms with van der Waals surface area (Å²) in [4.78, 5) is 15.2. The standard InChI is InChI=1S/C33H41N6S/c1-35(2)19-11-21-38(22-12-20-36(3)4)32-23-26(24-33-37(5)30-16-8-9-17-31(30)40-33)28-14-6-7-15-29(28)39(32)27-13-10-18-34-25-27/h6-10,13-18,23-25H,11-12,19-22H2,1-5H3/q+1. The van der Waals surface area contributed by atoms with Crippen molar-refractivity contribution in [1.29, 1.82) is 0 Å². The topological polar surface area (TPSA) is 29.7 Å². The quantitative estimate of drug-likeness (QED) is 0.219. The number of para-hydroxylation sites is 2. The molecule has 1 aliphatic heterocycles. The number of hydrogen-bond donors (Lipinski definition) is 0. The number of benzene rings is 2. The molecule has 208 valence electrons. The summed E-state index contributed by atoms with van der Waals surface area (Å²) >= 11 is 1.84. The van der Waals surface area contributed by atoms with Crippen LogP contribution in [0.3, 0.4) is 0 Å². The first kappa shape index (κ1) is 28.1. The average Bonchev–Trinajstić information content (AvgIpc) is 3.27. The van der Waals surface area contributed by atoms with Crippen LogP contribution >= 0.6 is 11.8 Å². The summed E-state index contributed by atoms with van der Waals surface area (Å²) in [6, 6.07) is 24.0. The van der Waals surface area contributed by atoms with E-state index in [9.17, 15) is 0 Å². The molecule has 7 heteroatoms. The SMILES string of the molecule is CN(C)CCCN(CCCN(C)C)c1cc(C=C2Sc3ccccc3N2C)c2ccccc2[n+]1-c1cccnc1. The number of nitrogens with zero attached hydrogens (tertiary/aromatic N) is 6. The van der Waals surface area contributed by atoms with E-state index in [-0.39, 0.29) is 0 Å². The Bertz CT molecular complexity index is 1450. The monoisotopic (exact) mass is 553 g/mol. The Hall–Kier alpha value is -3.39. The van der Waals surface area contributed by atoms with Gasteiger partial charge in [0.25, 0.3) is 5.82 Å². The van der Waals surface area contributed by atoms with Crippen molar-refractivity contribution >= 4 is 40.2 Å². The van der Waals surface area contributed by atoms with Crippen molar-refractivity contribution in [1.82, 2.24) is 14.8 Å². The van der Waals surface area contributed by atoms with Gasteiger partial charge in [0.2, 0.25) is 0 Å². The minimum absolute atomic E-state index is 0.986. The fourth-order valence-electron chi connectivity index (χ4n) is 5.30. The van der Waals surface area contributed by atoms with Gasteiger partial charge in [0.1, 0.15) is 5.52 Å². The maximum Gasteiger partial charge on any atom is 0.282 e. The van der Waals surface area contributed by atoms with Crippen LogP contribution in [-0.2, 0) is 0 Å². The molecule has 0 spiro atoms. The van der Waals surface area contributed by atoms with Crippen molar-refractivity contribution in [2.24, 2.45) is 0 Å². The summed E-state index contributed by atoms with van der Waals surface area (Å²) in [5.41, 5.74) is 4.77. The Balaban J connectivity index is 1.66. The van der Waals surface area contributed by atoms with Crippen LogP contribution in [0.5, 0.6) is 0 Å². The third-order valence-electron chi connectivity index (χ3n) is 7.32. The molecular formula is C33H41N6S+. The first-order chi connectivity index (χ1) is 19.4. The van der Waals surface area contributed by atoms with Crippen molar-refractivity contribution in [2.45, 2.75) is 17.7 Å². The van der Waals surface area contributed by atoms with Crippen molar-refractivity contribution in [2.75, 3.05) is 71.2 Å². The Kier molecular flexibility index (Phi) is 9.04. The zero-order valence-corrected chi connectivity index (χ0v) is 25.2. The number of aromatic nitrogens is 2. The van der Waals surface area contributed by atoms with Gasteiger partial charge in [0.15, 0.2) is 5.69 Å². The number of pyridine rings is 2. The highest BCUT2D eigenvalue weighted by molar-refractivity contribution is 8.03. The first-order valence-corrected chi connectivity index (χ1v) is 14.9. The molecule has 0 unspecified atom stereocenters. The second-order valence-corrected chi connectivity index (χ2v) is 12.0. The van der Waals surface area contributed by atoms with Crippen LogP contribution in [0.2, 0.25) is 0 Å². The van der Waals surface area contributed by atoms with Crippen LogP contribution < -0.4 is 14.4 Å². The molecule has 2 aromatic heterocycles. The molecule has 0 saturated heterocycles. The molecule has 0 aliphatic carbocycles. The fraction of sp³-hybridized carbons (Fsp3) is 0.333. The van der Waals surface area contributed by atoms with E-state index in [1.165, 1.54) is 37.9 Å². The number of fused-ring (bicyclic) bond motifs is 2. The van der Waals surface area contributed by atoms with Gasteiger partial charge in [0.05, 0.1) is 30.0 Å². The van der Waals surface area contributed by atoms with Crippen molar-refractivity contribution in [3.8, 4) is 5.69 Å². The Morgan fingerprint density at radius 2 is 1.55 bits per heavy atom. The number of thioether (sulfide) groups is 1. The Morgan fingerprint density at radius 1 is 0.850 bits per heavy atom. The Labute approximate surface area is 243 Å². The van der Waals surface area contributed by atoms with Crippen LogP contribution in [-0.4, -0.2) is 76.2 Å². The van der Waals surface area contributed by atoms with E-state index in [1.807, 2.05) is 30.2 Å². The maximum atomic E-state index is 4.50. The summed E-state index contributed by atoms with van der Waals surface area (Å²) < 4.78 is 2.40. The Morgan fingerprint density at radius 3 is 2.23 bits per heavy atom. The largest absolute Gasteiger partial charge is 0.338 e. The minimum Gasteiger partial charge on any atom is -0.338 e. The lowest BCUT2D eigenvalue weighted by Crippen LogP contribution is -2.43. The molecule has 0 fully saturated rings. The van der Waals surface area contributed by atoms with E-state index < -0.39 is 0 Å². The molecule has 3 heterocycles. The van der Waals surface area contributed by atoms with E-state index in [1.54, 1.807) is 0 Å². The molecule has 2 aromatic carbocycles. The van der Waals surface area contributed by atoms with Gasteiger partial charge in [-0.05, 0) is 83.0 Å². The van der Waals surface area contributed by atoms with E-state index in [2.05, 4.69) is 131 Å². The maximum absolute atomic E-state index is 4.50. The van der Waals surface area contributed by atoms with Gasteiger partial charge in [-0.1, -0.05) is 42.1 Å². The molecule has 0 bridgehead atoms. The van der Waals surface area contributed by atoms with E-state index in [0.29, 0.717) is 0 Å². The predicted octanol–water partition coefficient (Wildman–Crippen LogP) is 5.76. The highest BCUT2D eigenvalue weighted by atomic mass is 32.2. The van der Waals surface area contributed by atoms with Crippen molar-refractivity contribution in [3.63, 3.8) is 0 Å². The fourth-order valence-corrected chi connectivity index (χ4v) is 6.41. The van der Waals surface area contributed by atoms with Crippen LogP contribution in [0.4, 0.5) is 11.5 Å². The van der Waals surface area contributed by atoms with Crippen LogP contribution in [0.15, 0.2) is 89.0 Å². The highest BCUT2D eigenvalue weighted by Gasteiger charge is 2.27. The minimum atomic E-state index is 0.986. The zero-order chi connectivity index (χ0) is 28.1.